The maximum absolute atomic E-state index is 6.65. The zero-order chi connectivity index (χ0) is 41.7. The molecular formula is C59H37N3O. The summed E-state index contributed by atoms with van der Waals surface area (Å²) in [6.45, 7) is 0. The molecule has 4 nitrogen and oxygen atoms in total. The van der Waals surface area contributed by atoms with Crippen LogP contribution in [0.5, 0.6) is 0 Å². The van der Waals surface area contributed by atoms with Crippen LogP contribution in [0.2, 0.25) is 0 Å². The second-order valence-electron chi connectivity index (χ2n) is 15.9. The molecular weight excluding hydrogens is 767 g/mol. The Hall–Kier alpha value is -8.47. The summed E-state index contributed by atoms with van der Waals surface area (Å²) in [5, 5.41) is 5.43. The van der Waals surface area contributed by atoms with E-state index in [9.17, 15) is 0 Å². The standard InChI is InChI=1S/C59H37N3O/c1-4-16-38(17-5-1)43-22-14-24-45(34-43)51-37-52(46-25-15-23-44(35-46)39-18-6-2-7-19-39)62-59(61-51)42-32-30-40(31-33-42)55-56-47-26-10-12-28-50(47)60-58(41-20-8-3-9-21-41)49(56)36-54-57(55)48-27-11-13-29-53(48)63-54/h1-37H. The summed E-state index contributed by atoms with van der Waals surface area (Å²) < 4.78 is 6.65. The van der Waals surface area contributed by atoms with E-state index in [0.717, 1.165) is 116 Å². The molecule has 0 saturated carbocycles. The largest absolute Gasteiger partial charge is 0.456 e. The number of fused-ring (bicyclic) bond motifs is 6. The van der Waals surface area contributed by atoms with E-state index in [4.69, 9.17) is 19.4 Å². The van der Waals surface area contributed by atoms with Gasteiger partial charge in [-0.25, -0.2) is 15.0 Å². The molecule has 0 amide bonds. The van der Waals surface area contributed by atoms with Crippen molar-refractivity contribution in [2.24, 2.45) is 0 Å². The topological polar surface area (TPSA) is 51.8 Å². The molecule has 0 unspecified atom stereocenters. The molecule has 0 fully saturated rings. The van der Waals surface area contributed by atoms with Gasteiger partial charge in [-0.3, -0.25) is 0 Å². The molecule has 0 atom stereocenters. The quantitative estimate of drug-likeness (QED) is 0.151. The van der Waals surface area contributed by atoms with Gasteiger partial charge >= 0.3 is 0 Å². The van der Waals surface area contributed by atoms with Crippen LogP contribution in [0.1, 0.15) is 0 Å². The Balaban J connectivity index is 1.06. The van der Waals surface area contributed by atoms with Crippen LogP contribution in [0.4, 0.5) is 0 Å². The molecule has 0 saturated heterocycles. The molecule has 0 aliphatic carbocycles. The van der Waals surface area contributed by atoms with E-state index in [1.165, 1.54) is 0 Å². The molecule has 12 aromatic rings. The summed E-state index contributed by atoms with van der Waals surface area (Å²) in [6, 6.07) is 78.5. The van der Waals surface area contributed by atoms with Crippen LogP contribution in [0.15, 0.2) is 229 Å². The van der Waals surface area contributed by atoms with Crippen molar-refractivity contribution in [2.75, 3.05) is 0 Å². The third-order valence-electron chi connectivity index (χ3n) is 12.1. The Labute approximate surface area is 364 Å². The minimum atomic E-state index is 0.655. The van der Waals surface area contributed by atoms with E-state index in [0.29, 0.717) is 5.82 Å². The first kappa shape index (κ1) is 36.4. The Morgan fingerprint density at radius 3 is 1.43 bits per heavy atom. The third-order valence-corrected chi connectivity index (χ3v) is 12.1. The molecule has 0 aliphatic heterocycles. The van der Waals surface area contributed by atoms with Gasteiger partial charge in [-0.2, -0.15) is 0 Å². The van der Waals surface area contributed by atoms with Crippen molar-refractivity contribution in [2.45, 2.75) is 0 Å². The lowest BCUT2D eigenvalue weighted by Gasteiger charge is -2.16. The van der Waals surface area contributed by atoms with Crippen LogP contribution in [-0.2, 0) is 0 Å². The van der Waals surface area contributed by atoms with E-state index < -0.39 is 0 Å². The number of hydrogen-bond acceptors (Lipinski definition) is 4. The SMILES string of the molecule is c1ccc(-c2cccc(-c3cc(-c4cccc(-c5ccccc5)c4)nc(-c4ccc(-c5c6c(cc7c(-c8ccccc8)nc8ccccc8c57)oc5ccccc56)cc4)n3)c2)cc1. The van der Waals surface area contributed by atoms with Gasteiger partial charge in [0.05, 0.1) is 22.6 Å². The molecule has 0 radical (unpaired) electrons. The van der Waals surface area contributed by atoms with Gasteiger partial charge in [0.15, 0.2) is 5.82 Å². The first-order chi connectivity index (χ1) is 31.2. The molecule has 63 heavy (non-hydrogen) atoms. The Morgan fingerprint density at radius 2 is 0.794 bits per heavy atom. The number of para-hydroxylation sites is 2. The predicted octanol–water partition coefficient (Wildman–Crippen LogP) is 15.7. The fraction of sp³-hybridized carbons (Fsp3) is 0. The molecule has 0 aliphatic rings. The minimum Gasteiger partial charge on any atom is -0.456 e. The molecule has 9 aromatic carbocycles. The highest BCUT2D eigenvalue weighted by molar-refractivity contribution is 6.27. The number of aromatic nitrogens is 3. The summed E-state index contributed by atoms with van der Waals surface area (Å²) in [5.74, 6) is 0.655. The number of pyridine rings is 1. The van der Waals surface area contributed by atoms with Gasteiger partial charge in [0.2, 0.25) is 0 Å². The highest BCUT2D eigenvalue weighted by Gasteiger charge is 2.22. The average Bonchev–Trinajstić information content (AvgIpc) is 3.74. The lowest BCUT2D eigenvalue weighted by Crippen LogP contribution is -1.97. The number of hydrogen-bond donors (Lipinski definition) is 0. The highest BCUT2D eigenvalue weighted by atomic mass is 16.3. The summed E-state index contributed by atoms with van der Waals surface area (Å²) in [7, 11) is 0. The number of nitrogens with zero attached hydrogens (tertiary/aromatic N) is 3. The van der Waals surface area contributed by atoms with Gasteiger partial charge < -0.3 is 4.42 Å². The van der Waals surface area contributed by atoms with Crippen LogP contribution in [0.3, 0.4) is 0 Å². The molecule has 3 aromatic heterocycles. The predicted molar refractivity (Wildman–Crippen MR) is 260 cm³/mol. The number of furan rings is 1. The van der Waals surface area contributed by atoms with Crippen LogP contribution >= 0.6 is 0 Å². The lowest BCUT2D eigenvalue weighted by atomic mass is 9.89. The molecule has 4 heteroatoms. The van der Waals surface area contributed by atoms with Gasteiger partial charge in [0, 0.05) is 54.7 Å². The fourth-order valence-corrected chi connectivity index (χ4v) is 9.06. The van der Waals surface area contributed by atoms with E-state index in [-0.39, 0.29) is 0 Å². The zero-order valence-corrected chi connectivity index (χ0v) is 34.1. The third kappa shape index (κ3) is 6.53. The smallest absolute Gasteiger partial charge is 0.160 e. The first-order valence-electron chi connectivity index (χ1n) is 21.3. The van der Waals surface area contributed by atoms with E-state index in [1.807, 2.05) is 30.3 Å². The Kier molecular flexibility index (Phi) is 8.79. The first-order valence-corrected chi connectivity index (χ1v) is 21.3. The molecule has 0 N–H and O–H groups in total. The molecule has 12 rings (SSSR count). The maximum atomic E-state index is 6.65. The Bertz CT molecular complexity index is 3550. The zero-order valence-electron chi connectivity index (χ0n) is 34.1. The maximum Gasteiger partial charge on any atom is 0.160 e. The van der Waals surface area contributed by atoms with Crippen LogP contribution in [-0.4, -0.2) is 15.0 Å². The fourth-order valence-electron chi connectivity index (χ4n) is 9.06. The van der Waals surface area contributed by atoms with Crippen LogP contribution < -0.4 is 0 Å². The van der Waals surface area contributed by atoms with Crippen molar-refractivity contribution in [3.63, 3.8) is 0 Å². The van der Waals surface area contributed by atoms with Crippen molar-refractivity contribution >= 4 is 43.6 Å². The normalized spacial score (nSPS) is 11.5. The summed E-state index contributed by atoms with van der Waals surface area (Å²) >= 11 is 0. The molecule has 3 heterocycles. The molecule has 0 bridgehead atoms. The molecule has 0 spiro atoms. The number of rotatable bonds is 7. The summed E-state index contributed by atoms with van der Waals surface area (Å²) in [4.78, 5) is 15.9. The van der Waals surface area contributed by atoms with Crippen molar-refractivity contribution in [3.8, 4) is 78.5 Å². The van der Waals surface area contributed by atoms with E-state index in [1.54, 1.807) is 0 Å². The second kappa shape index (κ2) is 15.2. The summed E-state index contributed by atoms with van der Waals surface area (Å²) in [6.07, 6.45) is 0. The lowest BCUT2D eigenvalue weighted by molar-refractivity contribution is 0.669. The van der Waals surface area contributed by atoms with Crippen LogP contribution in [0.25, 0.3) is 122 Å². The van der Waals surface area contributed by atoms with Crippen molar-refractivity contribution < 1.29 is 4.42 Å². The van der Waals surface area contributed by atoms with Gasteiger partial charge in [-0.1, -0.05) is 188 Å². The number of benzene rings is 9. The summed E-state index contributed by atoms with van der Waals surface area (Å²) in [5.41, 5.74) is 16.1. The van der Waals surface area contributed by atoms with Gasteiger partial charge in [0.1, 0.15) is 11.2 Å². The molecule has 294 valence electrons. The van der Waals surface area contributed by atoms with Gasteiger partial charge in [-0.05, 0) is 64.2 Å². The van der Waals surface area contributed by atoms with Gasteiger partial charge in [-0.15, -0.1) is 0 Å². The van der Waals surface area contributed by atoms with Crippen LogP contribution in [0, 0.1) is 0 Å². The van der Waals surface area contributed by atoms with Crippen molar-refractivity contribution in [1.29, 1.82) is 0 Å². The second-order valence-corrected chi connectivity index (χ2v) is 15.9. The monoisotopic (exact) mass is 803 g/mol. The van der Waals surface area contributed by atoms with Gasteiger partial charge in [0.25, 0.3) is 0 Å². The van der Waals surface area contributed by atoms with Crippen molar-refractivity contribution in [3.05, 3.63) is 224 Å². The van der Waals surface area contributed by atoms with E-state index >= 15 is 0 Å². The van der Waals surface area contributed by atoms with Crippen molar-refractivity contribution in [1.82, 2.24) is 15.0 Å². The highest BCUT2D eigenvalue weighted by Crippen LogP contribution is 2.46. The minimum absolute atomic E-state index is 0.655. The Morgan fingerprint density at radius 1 is 0.286 bits per heavy atom. The van der Waals surface area contributed by atoms with E-state index in [2.05, 4.69) is 194 Å². The average molecular weight is 804 g/mol.